The summed E-state index contributed by atoms with van der Waals surface area (Å²) in [6.07, 6.45) is 15.1. The van der Waals surface area contributed by atoms with Gasteiger partial charge in [-0.15, -0.1) is 0 Å². The van der Waals surface area contributed by atoms with Gasteiger partial charge >= 0.3 is 29.6 Å². The minimum absolute atomic E-state index is 0. The molecule has 0 rings (SSSR count). The molecule has 6 heteroatoms. The Bertz CT molecular complexity index is 387. The molecule has 0 amide bonds. The van der Waals surface area contributed by atoms with Crippen LogP contribution in [0.25, 0.3) is 0 Å². The smallest absolute Gasteiger partial charge is 0.748 e. The van der Waals surface area contributed by atoms with Gasteiger partial charge in [0.05, 0.1) is 21.5 Å². The molecule has 0 heterocycles. The summed E-state index contributed by atoms with van der Waals surface area (Å²) in [7, 11) is -4.31. The van der Waals surface area contributed by atoms with Crippen molar-refractivity contribution in [1.29, 1.82) is 0 Å². The molecule has 0 aromatic carbocycles. The molecule has 2 atom stereocenters. The first-order chi connectivity index (χ1) is 11.9. The van der Waals surface area contributed by atoms with Gasteiger partial charge in [0.2, 0.25) is 0 Å². The maximum absolute atomic E-state index is 11.4. The molecule has 0 aromatic heterocycles. The van der Waals surface area contributed by atoms with Crippen LogP contribution in [-0.2, 0) is 10.1 Å². The fourth-order valence-electron chi connectivity index (χ4n) is 3.29. The number of aliphatic hydroxyl groups excluding tert-OH is 1. The van der Waals surface area contributed by atoms with E-state index in [-0.39, 0.29) is 36.0 Å². The molecule has 0 bridgehead atoms. The molecule has 0 aliphatic heterocycles. The molecule has 2 unspecified atom stereocenters. The van der Waals surface area contributed by atoms with Crippen LogP contribution >= 0.6 is 0 Å². The summed E-state index contributed by atoms with van der Waals surface area (Å²) in [5.74, 6) is 0. The molecule has 0 fully saturated rings. The molecule has 0 aliphatic rings. The Morgan fingerprint density at radius 2 is 1.12 bits per heavy atom. The van der Waals surface area contributed by atoms with Gasteiger partial charge in [-0.1, -0.05) is 97.3 Å². The second-order valence-electron chi connectivity index (χ2n) is 7.47. The Balaban J connectivity index is 0. The summed E-state index contributed by atoms with van der Waals surface area (Å²) < 4.78 is 34.3. The van der Waals surface area contributed by atoms with Crippen molar-refractivity contribution in [3.05, 3.63) is 0 Å². The van der Waals surface area contributed by atoms with Crippen LogP contribution < -0.4 is 29.6 Å². The zero-order chi connectivity index (χ0) is 19.0. The van der Waals surface area contributed by atoms with Crippen molar-refractivity contribution in [1.82, 2.24) is 0 Å². The molecule has 152 valence electrons. The van der Waals surface area contributed by atoms with Gasteiger partial charge in [-0.05, 0) is 19.3 Å². The third kappa shape index (κ3) is 18.2. The molecule has 26 heavy (non-hydrogen) atoms. The van der Waals surface area contributed by atoms with E-state index in [2.05, 4.69) is 13.8 Å². The van der Waals surface area contributed by atoms with Crippen LogP contribution in [0, 0.1) is 0 Å². The van der Waals surface area contributed by atoms with E-state index in [1.54, 1.807) is 0 Å². The minimum atomic E-state index is -4.31. The molecular formula is C20H41NaO4S. The van der Waals surface area contributed by atoms with Gasteiger partial charge in [0.1, 0.15) is 0 Å². The van der Waals surface area contributed by atoms with E-state index in [0.29, 0.717) is 12.8 Å². The van der Waals surface area contributed by atoms with E-state index in [4.69, 9.17) is 0 Å². The van der Waals surface area contributed by atoms with Gasteiger partial charge in [-0.25, -0.2) is 8.42 Å². The Morgan fingerprint density at radius 3 is 1.58 bits per heavy atom. The number of aliphatic hydroxyl groups is 1. The minimum Gasteiger partial charge on any atom is -0.748 e. The van der Waals surface area contributed by atoms with Gasteiger partial charge in [-0.3, -0.25) is 0 Å². The van der Waals surface area contributed by atoms with Gasteiger partial charge in [0, 0.05) is 0 Å². The Hall–Kier alpha value is 0.870. The maximum Gasteiger partial charge on any atom is 1.00 e. The van der Waals surface area contributed by atoms with Crippen molar-refractivity contribution >= 4 is 10.1 Å². The van der Waals surface area contributed by atoms with Crippen LogP contribution in [0.15, 0.2) is 0 Å². The molecule has 4 nitrogen and oxygen atoms in total. The second-order valence-corrected chi connectivity index (χ2v) is 9.12. The van der Waals surface area contributed by atoms with Crippen LogP contribution in [-0.4, -0.2) is 29.4 Å². The summed E-state index contributed by atoms with van der Waals surface area (Å²) >= 11 is 0. The average molecular weight is 401 g/mol. The van der Waals surface area contributed by atoms with Crippen molar-refractivity contribution in [2.24, 2.45) is 0 Å². The number of rotatable bonds is 18. The van der Waals surface area contributed by atoms with Gasteiger partial charge in [0.15, 0.2) is 0 Å². The van der Waals surface area contributed by atoms with Crippen molar-refractivity contribution in [3.63, 3.8) is 0 Å². The first kappa shape index (κ1) is 29.1. The molecule has 1 N–H and O–H groups in total. The molecule has 0 spiro atoms. The molecule has 0 saturated heterocycles. The maximum atomic E-state index is 11.4. The SMILES string of the molecule is CCCCCCCCCCCC(CC(O)CCCCCC)S(=O)(=O)[O-].[Na+]. The molecule has 0 aliphatic carbocycles. The van der Waals surface area contributed by atoms with Crippen molar-refractivity contribution in [2.75, 3.05) is 0 Å². The van der Waals surface area contributed by atoms with E-state index in [1.165, 1.54) is 38.5 Å². The summed E-state index contributed by atoms with van der Waals surface area (Å²) in [6, 6.07) is 0. The Kier molecular flexibility index (Phi) is 21.5. The fourth-order valence-corrected chi connectivity index (χ4v) is 4.20. The van der Waals surface area contributed by atoms with Crippen LogP contribution in [0.2, 0.25) is 0 Å². The van der Waals surface area contributed by atoms with Crippen LogP contribution in [0.5, 0.6) is 0 Å². The standard InChI is InChI=1S/C20H42O4S.Na/c1-3-5-7-9-10-11-12-13-15-17-20(25(22,23)24)18-19(21)16-14-8-6-4-2;/h19-21H,3-18H2,1-2H3,(H,22,23,24);/q;+1/p-1. The zero-order valence-corrected chi connectivity index (χ0v) is 20.4. The van der Waals surface area contributed by atoms with Crippen LogP contribution in [0.1, 0.15) is 117 Å². The second kappa shape index (κ2) is 19.2. The normalized spacial score (nSPS) is 14.0. The van der Waals surface area contributed by atoms with Crippen molar-refractivity contribution < 1.29 is 47.6 Å². The third-order valence-electron chi connectivity index (χ3n) is 4.96. The third-order valence-corrected chi connectivity index (χ3v) is 6.21. The predicted molar refractivity (Wildman–Crippen MR) is 105 cm³/mol. The summed E-state index contributed by atoms with van der Waals surface area (Å²) in [5, 5.41) is 9.10. The van der Waals surface area contributed by atoms with Crippen LogP contribution in [0.4, 0.5) is 0 Å². The van der Waals surface area contributed by atoms with Gasteiger partial charge < -0.3 is 9.66 Å². The zero-order valence-electron chi connectivity index (χ0n) is 17.5. The van der Waals surface area contributed by atoms with E-state index in [0.717, 1.165) is 44.9 Å². The first-order valence-electron chi connectivity index (χ1n) is 10.5. The van der Waals surface area contributed by atoms with Crippen LogP contribution in [0.3, 0.4) is 0 Å². The quantitative estimate of drug-likeness (QED) is 0.218. The topological polar surface area (TPSA) is 77.4 Å². The molecule has 0 saturated carbocycles. The Morgan fingerprint density at radius 1 is 0.731 bits per heavy atom. The first-order valence-corrected chi connectivity index (χ1v) is 12.0. The van der Waals surface area contributed by atoms with E-state index in [9.17, 15) is 18.1 Å². The van der Waals surface area contributed by atoms with Crippen molar-refractivity contribution in [2.45, 2.75) is 128 Å². The molecular weight excluding hydrogens is 359 g/mol. The molecule has 0 radical (unpaired) electrons. The monoisotopic (exact) mass is 400 g/mol. The predicted octanol–water partition coefficient (Wildman–Crippen LogP) is 2.55. The number of hydrogen-bond donors (Lipinski definition) is 1. The largest absolute Gasteiger partial charge is 1.00 e. The average Bonchev–Trinajstić information content (AvgIpc) is 2.55. The van der Waals surface area contributed by atoms with Crippen molar-refractivity contribution in [3.8, 4) is 0 Å². The summed E-state index contributed by atoms with van der Waals surface area (Å²) in [4.78, 5) is 0. The van der Waals surface area contributed by atoms with Gasteiger partial charge in [0.25, 0.3) is 0 Å². The summed E-state index contributed by atoms with van der Waals surface area (Å²) in [5.41, 5.74) is 0. The van der Waals surface area contributed by atoms with E-state index < -0.39 is 21.5 Å². The molecule has 0 aromatic rings. The number of unbranched alkanes of at least 4 members (excludes halogenated alkanes) is 11. The fraction of sp³-hybridized carbons (Fsp3) is 1.00. The van der Waals surface area contributed by atoms with E-state index >= 15 is 0 Å². The van der Waals surface area contributed by atoms with E-state index in [1.807, 2.05) is 0 Å². The number of hydrogen-bond acceptors (Lipinski definition) is 4. The Labute approximate surface area is 185 Å². The van der Waals surface area contributed by atoms with Gasteiger partial charge in [-0.2, -0.15) is 0 Å². The summed E-state index contributed by atoms with van der Waals surface area (Å²) in [6.45, 7) is 4.34.